The molecule has 0 aliphatic heterocycles. The van der Waals surface area contributed by atoms with E-state index in [0.717, 1.165) is 39.9 Å². The van der Waals surface area contributed by atoms with E-state index in [0.29, 0.717) is 6.54 Å². The van der Waals surface area contributed by atoms with Crippen molar-refractivity contribution in [2.75, 3.05) is 11.9 Å². The van der Waals surface area contributed by atoms with Crippen LogP contribution in [0.5, 0.6) is 0 Å². The van der Waals surface area contributed by atoms with E-state index in [-0.39, 0.29) is 5.54 Å². The summed E-state index contributed by atoms with van der Waals surface area (Å²) in [5.41, 5.74) is 7.19. The molecule has 2 nitrogen and oxygen atoms in total. The summed E-state index contributed by atoms with van der Waals surface area (Å²) in [6.07, 6.45) is 4.86. The van der Waals surface area contributed by atoms with Gasteiger partial charge in [-0.3, -0.25) is 0 Å². The van der Waals surface area contributed by atoms with Crippen LogP contribution < -0.4 is 11.1 Å². The van der Waals surface area contributed by atoms with E-state index in [9.17, 15) is 0 Å². The highest BCUT2D eigenvalue weighted by Crippen LogP contribution is 2.38. The summed E-state index contributed by atoms with van der Waals surface area (Å²) in [5, 5.41) is 4.40. The van der Waals surface area contributed by atoms with E-state index in [1.807, 2.05) is 12.1 Å². The predicted octanol–water partition coefficient (Wildman–Crippen LogP) is 5.06. The Morgan fingerprint density at radius 2 is 2.25 bits per heavy atom. The van der Waals surface area contributed by atoms with Crippen LogP contribution in [0.4, 0.5) is 5.69 Å². The molecule has 1 aromatic carbocycles. The number of hydrogen-bond donors (Lipinski definition) is 2. The Bertz CT molecular complexity index is 464. The van der Waals surface area contributed by atoms with Crippen molar-refractivity contribution in [2.45, 2.75) is 45.1 Å². The van der Waals surface area contributed by atoms with Gasteiger partial charge in [-0.25, -0.2) is 0 Å². The van der Waals surface area contributed by atoms with Gasteiger partial charge in [-0.1, -0.05) is 38.3 Å². The van der Waals surface area contributed by atoms with Gasteiger partial charge in [0.25, 0.3) is 0 Å². The summed E-state index contributed by atoms with van der Waals surface area (Å²) in [7, 11) is 0. The summed E-state index contributed by atoms with van der Waals surface area (Å²) in [4.78, 5) is 0. The quantitative estimate of drug-likeness (QED) is 0.788. The second-order valence-electron chi connectivity index (χ2n) is 6.34. The molecule has 0 radical (unpaired) electrons. The van der Waals surface area contributed by atoms with E-state index in [2.05, 4.69) is 41.2 Å². The number of benzene rings is 1. The lowest BCUT2D eigenvalue weighted by Gasteiger charge is -2.43. The van der Waals surface area contributed by atoms with Crippen LogP contribution >= 0.6 is 27.5 Å². The lowest BCUT2D eigenvalue weighted by molar-refractivity contribution is 0.203. The van der Waals surface area contributed by atoms with Crippen molar-refractivity contribution >= 4 is 33.2 Å². The number of halogens is 2. The molecule has 1 saturated carbocycles. The first-order valence-electron chi connectivity index (χ1n) is 7.39. The topological polar surface area (TPSA) is 38.0 Å². The molecule has 4 heteroatoms. The third kappa shape index (κ3) is 3.69. The van der Waals surface area contributed by atoms with E-state index < -0.39 is 0 Å². The highest BCUT2D eigenvalue weighted by Gasteiger charge is 2.36. The lowest BCUT2D eigenvalue weighted by Crippen LogP contribution is -2.49. The Hall–Kier alpha value is -0.250. The molecule has 0 saturated heterocycles. The average Bonchev–Trinajstić information content (AvgIpc) is 2.43. The standard InChI is InChI=1S/C16H24BrClN2/c1-11(2)12-4-3-7-16(9-12,10-19)20-13-5-6-14(17)15(18)8-13/h5-6,8,11-12,20H,3-4,7,9-10,19H2,1-2H3. The van der Waals surface area contributed by atoms with Gasteiger partial charge in [0.2, 0.25) is 0 Å². The van der Waals surface area contributed by atoms with E-state index in [4.69, 9.17) is 17.3 Å². The molecule has 112 valence electrons. The molecule has 20 heavy (non-hydrogen) atoms. The van der Waals surface area contributed by atoms with Gasteiger partial charge in [0, 0.05) is 22.2 Å². The molecule has 0 spiro atoms. The molecule has 2 unspecified atom stereocenters. The first-order valence-corrected chi connectivity index (χ1v) is 8.56. The number of hydrogen-bond acceptors (Lipinski definition) is 2. The first-order chi connectivity index (χ1) is 9.46. The minimum atomic E-state index is 0.0182. The van der Waals surface area contributed by atoms with Crippen molar-refractivity contribution in [1.82, 2.24) is 0 Å². The van der Waals surface area contributed by atoms with Crippen LogP contribution in [-0.2, 0) is 0 Å². The van der Waals surface area contributed by atoms with Crippen LogP contribution in [0.2, 0.25) is 5.02 Å². The third-order valence-corrected chi connectivity index (χ3v) is 5.78. The molecular weight excluding hydrogens is 336 g/mol. The van der Waals surface area contributed by atoms with E-state index in [1.165, 1.54) is 12.8 Å². The molecule has 1 fully saturated rings. The fourth-order valence-corrected chi connectivity index (χ4v) is 3.63. The molecule has 0 heterocycles. The summed E-state index contributed by atoms with van der Waals surface area (Å²) in [6.45, 7) is 5.30. The Kier molecular flexibility index (Phi) is 5.38. The molecule has 1 aliphatic carbocycles. The molecule has 2 atom stereocenters. The molecular formula is C16H24BrClN2. The van der Waals surface area contributed by atoms with Gasteiger partial charge in [0.1, 0.15) is 0 Å². The Balaban J connectivity index is 2.16. The average molecular weight is 360 g/mol. The Morgan fingerprint density at radius 3 is 2.85 bits per heavy atom. The maximum absolute atomic E-state index is 6.18. The highest BCUT2D eigenvalue weighted by atomic mass is 79.9. The van der Waals surface area contributed by atoms with Gasteiger partial charge in [-0.15, -0.1) is 0 Å². The van der Waals surface area contributed by atoms with Gasteiger partial charge in [-0.2, -0.15) is 0 Å². The van der Waals surface area contributed by atoms with Crippen LogP contribution in [0.3, 0.4) is 0 Å². The summed E-state index contributed by atoms with van der Waals surface area (Å²) < 4.78 is 0.926. The van der Waals surface area contributed by atoms with E-state index in [1.54, 1.807) is 0 Å². The number of nitrogens with one attached hydrogen (secondary N) is 1. The molecule has 3 N–H and O–H groups in total. The maximum atomic E-state index is 6.18. The minimum absolute atomic E-state index is 0.0182. The number of anilines is 1. The Labute approximate surface area is 135 Å². The van der Waals surface area contributed by atoms with Crippen molar-refractivity contribution in [1.29, 1.82) is 0 Å². The van der Waals surface area contributed by atoms with Crippen LogP contribution in [0.1, 0.15) is 39.5 Å². The molecule has 0 aromatic heterocycles. The zero-order valence-corrected chi connectivity index (χ0v) is 14.6. The van der Waals surface area contributed by atoms with Gasteiger partial charge < -0.3 is 11.1 Å². The molecule has 2 rings (SSSR count). The lowest BCUT2D eigenvalue weighted by atomic mass is 9.71. The smallest absolute Gasteiger partial charge is 0.0568 e. The predicted molar refractivity (Wildman–Crippen MR) is 91.4 cm³/mol. The van der Waals surface area contributed by atoms with Crippen LogP contribution in [0, 0.1) is 11.8 Å². The minimum Gasteiger partial charge on any atom is -0.378 e. The van der Waals surface area contributed by atoms with Crippen LogP contribution in [0.25, 0.3) is 0 Å². The molecule has 0 bridgehead atoms. The van der Waals surface area contributed by atoms with Crippen LogP contribution in [-0.4, -0.2) is 12.1 Å². The van der Waals surface area contributed by atoms with Crippen LogP contribution in [0.15, 0.2) is 22.7 Å². The van der Waals surface area contributed by atoms with Crippen molar-refractivity contribution in [3.63, 3.8) is 0 Å². The molecule has 1 aliphatic rings. The van der Waals surface area contributed by atoms with Crippen molar-refractivity contribution in [2.24, 2.45) is 17.6 Å². The van der Waals surface area contributed by atoms with Gasteiger partial charge >= 0.3 is 0 Å². The van der Waals surface area contributed by atoms with Gasteiger partial charge in [0.15, 0.2) is 0 Å². The number of nitrogens with two attached hydrogens (primary N) is 1. The van der Waals surface area contributed by atoms with Crippen molar-refractivity contribution in [3.8, 4) is 0 Å². The third-order valence-electron chi connectivity index (χ3n) is 4.55. The SMILES string of the molecule is CC(C)C1CCCC(CN)(Nc2ccc(Br)c(Cl)c2)C1. The van der Waals surface area contributed by atoms with Crippen molar-refractivity contribution < 1.29 is 0 Å². The van der Waals surface area contributed by atoms with Crippen molar-refractivity contribution in [3.05, 3.63) is 27.7 Å². The summed E-state index contributed by atoms with van der Waals surface area (Å²) in [5.74, 6) is 1.47. The monoisotopic (exact) mass is 358 g/mol. The fraction of sp³-hybridized carbons (Fsp3) is 0.625. The largest absolute Gasteiger partial charge is 0.378 e. The second kappa shape index (κ2) is 6.67. The fourth-order valence-electron chi connectivity index (χ4n) is 3.21. The number of rotatable bonds is 4. The normalized spacial score (nSPS) is 26.8. The summed E-state index contributed by atoms with van der Waals surface area (Å²) >= 11 is 9.61. The van der Waals surface area contributed by atoms with Gasteiger partial charge in [0.05, 0.1) is 5.02 Å². The zero-order chi connectivity index (χ0) is 14.8. The zero-order valence-electron chi connectivity index (χ0n) is 12.3. The first kappa shape index (κ1) is 16.1. The van der Waals surface area contributed by atoms with Gasteiger partial charge in [-0.05, 0) is 58.8 Å². The second-order valence-corrected chi connectivity index (χ2v) is 7.60. The maximum Gasteiger partial charge on any atom is 0.0568 e. The Morgan fingerprint density at radius 1 is 1.50 bits per heavy atom. The van der Waals surface area contributed by atoms with E-state index >= 15 is 0 Å². The molecule has 0 amide bonds. The molecule has 1 aromatic rings. The highest BCUT2D eigenvalue weighted by molar-refractivity contribution is 9.10. The summed E-state index contributed by atoms with van der Waals surface area (Å²) in [6, 6.07) is 6.02.